The second kappa shape index (κ2) is 9.92. The summed E-state index contributed by atoms with van der Waals surface area (Å²) in [5, 5.41) is 14.7. The maximum atomic E-state index is 12.9. The van der Waals surface area contributed by atoms with Gasteiger partial charge in [-0.05, 0) is 38.3 Å². The van der Waals surface area contributed by atoms with Crippen LogP contribution in [0.4, 0.5) is 11.4 Å². The van der Waals surface area contributed by atoms with Crippen molar-refractivity contribution >= 4 is 27.3 Å². The molecule has 11 heteroatoms. The van der Waals surface area contributed by atoms with Crippen molar-refractivity contribution in [3.05, 3.63) is 28.3 Å². The van der Waals surface area contributed by atoms with Gasteiger partial charge < -0.3 is 15.0 Å². The zero-order valence-corrected chi connectivity index (χ0v) is 18.8. The van der Waals surface area contributed by atoms with Crippen molar-refractivity contribution in [2.24, 2.45) is 5.92 Å². The quantitative estimate of drug-likeness (QED) is 0.492. The van der Waals surface area contributed by atoms with Crippen molar-refractivity contribution < 1.29 is 22.9 Å². The third kappa shape index (κ3) is 5.34. The standard InChI is InChI=1S/C20H30N4O6S/c1-3-15(2)21-20(25)16-6-8-22(9-7-16)18-5-4-17(14-19(18)24(26)27)31(28,29)23-10-12-30-13-11-23/h4-5,14-16H,3,6-13H2,1-2H3,(H,21,25). The lowest BCUT2D eigenvalue weighted by atomic mass is 9.95. The number of piperidine rings is 1. The monoisotopic (exact) mass is 454 g/mol. The van der Waals surface area contributed by atoms with Crippen LogP contribution in [0, 0.1) is 16.0 Å². The lowest BCUT2D eigenvalue weighted by Gasteiger charge is -2.33. The number of nitro benzene ring substituents is 1. The summed E-state index contributed by atoms with van der Waals surface area (Å²) < 4.78 is 32.2. The van der Waals surface area contributed by atoms with Gasteiger partial charge in [0.2, 0.25) is 15.9 Å². The zero-order chi connectivity index (χ0) is 22.6. The predicted octanol–water partition coefficient (Wildman–Crippen LogP) is 1.75. The van der Waals surface area contributed by atoms with E-state index >= 15 is 0 Å². The van der Waals surface area contributed by atoms with E-state index < -0.39 is 14.9 Å². The molecule has 1 amide bonds. The van der Waals surface area contributed by atoms with Crippen molar-refractivity contribution in [2.45, 2.75) is 44.0 Å². The van der Waals surface area contributed by atoms with E-state index in [9.17, 15) is 23.3 Å². The Labute approximate surface area is 182 Å². The second-order valence-electron chi connectivity index (χ2n) is 8.00. The Kier molecular flexibility index (Phi) is 7.50. The van der Waals surface area contributed by atoms with Crippen molar-refractivity contribution in [3.8, 4) is 0 Å². The number of carbonyl (C=O) groups excluding carboxylic acids is 1. The van der Waals surface area contributed by atoms with Crippen LogP contribution in [0.3, 0.4) is 0 Å². The molecule has 172 valence electrons. The molecule has 0 saturated carbocycles. The minimum atomic E-state index is -3.82. The summed E-state index contributed by atoms with van der Waals surface area (Å²) in [6, 6.07) is 4.19. The first-order valence-electron chi connectivity index (χ1n) is 10.7. The third-order valence-electron chi connectivity index (χ3n) is 5.96. The molecule has 0 aromatic heterocycles. The number of hydrogen-bond donors (Lipinski definition) is 1. The summed E-state index contributed by atoms with van der Waals surface area (Å²) in [6.45, 7) is 6.02. The van der Waals surface area contributed by atoms with E-state index in [0.717, 1.165) is 12.5 Å². The number of nitrogens with one attached hydrogen (secondary N) is 1. The summed E-state index contributed by atoms with van der Waals surface area (Å²) >= 11 is 0. The molecule has 0 radical (unpaired) electrons. The predicted molar refractivity (Wildman–Crippen MR) is 116 cm³/mol. The summed E-state index contributed by atoms with van der Waals surface area (Å²) in [7, 11) is -3.82. The van der Waals surface area contributed by atoms with Crippen LogP contribution in [-0.2, 0) is 19.6 Å². The van der Waals surface area contributed by atoms with E-state index in [-0.39, 0.29) is 41.5 Å². The molecule has 0 spiro atoms. The van der Waals surface area contributed by atoms with Gasteiger partial charge in [0, 0.05) is 44.2 Å². The van der Waals surface area contributed by atoms with E-state index in [2.05, 4.69) is 5.32 Å². The first-order chi connectivity index (χ1) is 14.7. The number of rotatable bonds is 7. The van der Waals surface area contributed by atoms with Gasteiger partial charge >= 0.3 is 0 Å². The molecule has 0 aliphatic carbocycles. The number of ether oxygens (including phenoxy) is 1. The molecular formula is C20H30N4O6S. The molecule has 10 nitrogen and oxygen atoms in total. The van der Waals surface area contributed by atoms with Gasteiger partial charge in [-0.25, -0.2) is 8.42 Å². The van der Waals surface area contributed by atoms with Crippen molar-refractivity contribution in [1.82, 2.24) is 9.62 Å². The summed E-state index contributed by atoms with van der Waals surface area (Å²) in [5.41, 5.74) is 0.142. The summed E-state index contributed by atoms with van der Waals surface area (Å²) in [5.74, 6) is -0.0965. The van der Waals surface area contributed by atoms with Gasteiger partial charge in [0.05, 0.1) is 23.0 Å². The Morgan fingerprint density at radius 3 is 2.48 bits per heavy atom. The highest BCUT2D eigenvalue weighted by molar-refractivity contribution is 7.89. The van der Waals surface area contributed by atoms with Gasteiger partial charge in [0.15, 0.2) is 0 Å². The number of morpholine rings is 1. The third-order valence-corrected chi connectivity index (χ3v) is 7.85. The van der Waals surface area contributed by atoms with Crippen molar-refractivity contribution in [3.63, 3.8) is 0 Å². The molecule has 2 aliphatic heterocycles. The fourth-order valence-electron chi connectivity index (χ4n) is 3.86. The van der Waals surface area contributed by atoms with E-state index in [1.807, 2.05) is 18.7 Å². The molecule has 31 heavy (non-hydrogen) atoms. The van der Waals surface area contributed by atoms with Crippen molar-refractivity contribution in [2.75, 3.05) is 44.3 Å². The lowest BCUT2D eigenvalue weighted by molar-refractivity contribution is -0.384. The summed E-state index contributed by atoms with van der Waals surface area (Å²) in [4.78, 5) is 25.3. The normalized spacial score (nSPS) is 19.7. The maximum Gasteiger partial charge on any atom is 0.293 e. The van der Waals surface area contributed by atoms with Crippen LogP contribution in [0.2, 0.25) is 0 Å². The second-order valence-corrected chi connectivity index (χ2v) is 9.94. The molecular weight excluding hydrogens is 424 g/mol. The number of nitrogens with zero attached hydrogens (tertiary/aromatic N) is 3. The Balaban J connectivity index is 1.75. The molecule has 1 aromatic carbocycles. The Morgan fingerprint density at radius 1 is 1.26 bits per heavy atom. The van der Waals surface area contributed by atoms with Crippen LogP contribution >= 0.6 is 0 Å². The van der Waals surface area contributed by atoms with Crippen LogP contribution in [0.5, 0.6) is 0 Å². The fourth-order valence-corrected chi connectivity index (χ4v) is 5.29. The van der Waals surface area contributed by atoms with Crippen molar-refractivity contribution in [1.29, 1.82) is 0 Å². The van der Waals surface area contributed by atoms with Gasteiger partial charge in [0.1, 0.15) is 5.69 Å². The lowest BCUT2D eigenvalue weighted by Crippen LogP contribution is -2.43. The molecule has 1 unspecified atom stereocenters. The Hall–Kier alpha value is -2.24. The number of sulfonamides is 1. The molecule has 3 rings (SSSR count). The average Bonchev–Trinajstić information content (AvgIpc) is 2.79. The molecule has 2 fully saturated rings. The van der Waals surface area contributed by atoms with Gasteiger partial charge in [-0.2, -0.15) is 4.31 Å². The highest BCUT2D eigenvalue weighted by Gasteiger charge is 2.32. The number of nitro groups is 1. The molecule has 1 N–H and O–H groups in total. The number of amides is 1. The minimum Gasteiger partial charge on any atom is -0.379 e. The van der Waals surface area contributed by atoms with E-state index in [1.54, 1.807) is 0 Å². The summed E-state index contributed by atoms with van der Waals surface area (Å²) in [6.07, 6.45) is 2.04. The SMILES string of the molecule is CCC(C)NC(=O)C1CCN(c2ccc(S(=O)(=O)N3CCOCC3)cc2[N+](=O)[O-])CC1. The van der Waals surface area contributed by atoms with E-state index in [0.29, 0.717) is 44.8 Å². The topological polar surface area (TPSA) is 122 Å². The smallest absolute Gasteiger partial charge is 0.293 e. The van der Waals surface area contributed by atoms with Crippen LogP contribution in [0.1, 0.15) is 33.1 Å². The van der Waals surface area contributed by atoms with E-state index in [4.69, 9.17) is 4.74 Å². The number of carbonyl (C=O) groups is 1. The molecule has 2 aliphatic rings. The molecule has 2 heterocycles. The number of hydrogen-bond acceptors (Lipinski definition) is 7. The van der Waals surface area contributed by atoms with Crippen LogP contribution < -0.4 is 10.2 Å². The number of anilines is 1. The fraction of sp³-hybridized carbons (Fsp3) is 0.650. The molecule has 2 saturated heterocycles. The molecule has 1 atom stereocenters. The highest BCUT2D eigenvalue weighted by atomic mass is 32.2. The number of benzene rings is 1. The van der Waals surface area contributed by atoms with Gasteiger partial charge in [-0.3, -0.25) is 14.9 Å². The van der Waals surface area contributed by atoms with Crippen LogP contribution in [-0.4, -0.2) is 69.0 Å². The maximum absolute atomic E-state index is 12.9. The zero-order valence-electron chi connectivity index (χ0n) is 18.0. The van der Waals surface area contributed by atoms with Gasteiger partial charge in [0.25, 0.3) is 5.69 Å². The van der Waals surface area contributed by atoms with Crippen LogP contribution in [0.15, 0.2) is 23.1 Å². The molecule has 0 bridgehead atoms. The van der Waals surface area contributed by atoms with Gasteiger partial charge in [-0.15, -0.1) is 0 Å². The van der Waals surface area contributed by atoms with E-state index in [1.165, 1.54) is 16.4 Å². The van der Waals surface area contributed by atoms with Crippen LogP contribution in [0.25, 0.3) is 0 Å². The highest BCUT2D eigenvalue weighted by Crippen LogP contribution is 2.34. The van der Waals surface area contributed by atoms with Gasteiger partial charge in [-0.1, -0.05) is 6.92 Å². The Bertz CT molecular complexity index is 908. The Morgan fingerprint density at radius 2 is 1.90 bits per heavy atom. The first kappa shape index (κ1) is 23.4. The largest absolute Gasteiger partial charge is 0.379 e. The molecule has 1 aromatic rings. The average molecular weight is 455 g/mol. The minimum absolute atomic E-state index is 0.0236. The first-order valence-corrected chi connectivity index (χ1v) is 12.1.